The van der Waals surface area contributed by atoms with Gasteiger partial charge in [0.15, 0.2) is 0 Å². The molecule has 0 spiro atoms. The summed E-state index contributed by atoms with van der Waals surface area (Å²) in [5.74, 6) is 1.52. The van der Waals surface area contributed by atoms with E-state index in [1.165, 1.54) is 57.8 Å². The van der Waals surface area contributed by atoms with Crippen molar-refractivity contribution < 1.29 is 4.74 Å². The van der Waals surface area contributed by atoms with E-state index in [9.17, 15) is 10.5 Å². The van der Waals surface area contributed by atoms with Gasteiger partial charge in [0.2, 0.25) is 0 Å². The van der Waals surface area contributed by atoms with Crippen LogP contribution in [0.1, 0.15) is 90.9 Å². The normalized spacial score (nSPS) is 36.8. The molecule has 0 radical (unpaired) electrons. The van der Waals surface area contributed by atoms with Crippen molar-refractivity contribution in [3.8, 4) is 12.1 Å². The molecule has 3 saturated carbocycles. The zero-order chi connectivity index (χ0) is 18.6. The minimum absolute atomic E-state index is 0.0909. The van der Waals surface area contributed by atoms with Gasteiger partial charge in [-0.2, -0.15) is 10.5 Å². The summed E-state index contributed by atoms with van der Waals surface area (Å²) in [5.41, 5.74) is 0.474. The molecule has 3 aliphatic carbocycles. The highest BCUT2D eigenvalue weighted by atomic mass is 16.5. The number of nitriles is 2. The molecule has 0 heterocycles. The summed E-state index contributed by atoms with van der Waals surface area (Å²) in [7, 11) is 0. The fraction of sp³-hybridized carbons (Fsp3) is 0.913. The number of nitrogens with zero attached hydrogens (tertiary/aromatic N) is 2. The van der Waals surface area contributed by atoms with Gasteiger partial charge >= 0.3 is 0 Å². The number of hydrogen-bond donors (Lipinski definition) is 0. The molecule has 0 bridgehead atoms. The van der Waals surface area contributed by atoms with Crippen LogP contribution in [0, 0.1) is 51.7 Å². The maximum absolute atomic E-state index is 9.31. The maximum atomic E-state index is 9.31. The Balaban J connectivity index is 1.47. The van der Waals surface area contributed by atoms with Crippen LogP contribution in [0.15, 0.2) is 0 Å². The predicted molar refractivity (Wildman–Crippen MR) is 103 cm³/mol. The number of hydrogen-bond acceptors (Lipinski definition) is 3. The van der Waals surface area contributed by atoms with E-state index < -0.39 is 0 Å². The van der Waals surface area contributed by atoms with Crippen LogP contribution in [0.4, 0.5) is 0 Å². The van der Waals surface area contributed by atoms with Crippen LogP contribution in [0.2, 0.25) is 0 Å². The Morgan fingerprint density at radius 3 is 1.88 bits per heavy atom. The molecule has 3 unspecified atom stereocenters. The zero-order valence-electron chi connectivity index (χ0n) is 16.8. The molecule has 0 aromatic heterocycles. The summed E-state index contributed by atoms with van der Waals surface area (Å²) in [6, 6.07) is 4.64. The monoisotopic (exact) mass is 356 g/mol. The summed E-state index contributed by atoms with van der Waals surface area (Å²) >= 11 is 0. The maximum Gasteiger partial charge on any atom is 0.0670 e. The fourth-order valence-corrected chi connectivity index (χ4v) is 5.95. The van der Waals surface area contributed by atoms with Gasteiger partial charge in [-0.15, -0.1) is 0 Å². The summed E-state index contributed by atoms with van der Waals surface area (Å²) in [5, 5.41) is 18.5. The van der Waals surface area contributed by atoms with Gasteiger partial charge in [0, 0.05) is 0 Å². The Morgan fingerprint density at radius 2 is 1.27 bits per heavy atom. The van der Waals surface area contributed by atoms with Gasteiger partial charge in [0.25, 0.3) is 0 Å². The molecule has 3 atom stereocenters. The third kappa shape index (κ3) is 4.43. The van der Waals surface area contributed by atoms with E-state index in [1.54, 1.807) is 0 Å². The highest BCUT2D eigenvalue weighted by Crippen LogP contribution is 2.48. The van der Waals surface area contributed by atoms with Gasteiger partial charge in [-0.3, -0.25) is 0 Å². The van der Waals surface area contributed by atoms with Gasteiger partial charge in [-0.05, 0) is 75.0 Å². The third-order valence-electron chi connectivity index (χ3n) is 7.90. The molecule has 3 nitrogen and oxygen atoms in total. The first kappa shape index (κ1) is 19.7. The van der Waals surface area contributed by atoms with E-state index in [2.05, 4.69) is 26.0 Å². The van der Waals surface area contributed by atoms with Crippen molar-refractivity contribution in [1.82, 2.24) is 0 Å². The first-order chi connectivity index (χ1) is 12.5. The van der Waals surface area contributed by atoms with Crippen molar-refractivity contribution in [3.63, 3.8) is 0 Å². The molecule has 0 N–H and O–H groups in total. The lowest BCUT2D eigenvalue weighted by molar-refractivity contribution is -0.0717. The smallest absolute Gasteiger partial charge is 0.0670 e. The molecule has 0 aromatic carbocycles. The molecule has 0 aromatic rings. The first-order valence-electron chi connectivity index (χ1n) is 11.0. The van der Waals surface area contributed by atoms with Crippen LogP contribution in [0.3, 0.4) is 0 Å². The molecule has 0 saturated heterocycles. The lowest BCUT2D eigenvalue weighted by atomic mass is 9.61. The predicted octanol–water partition coefficient (Wildman–Crippen LogP) is 6.00. The highest BCUT2D eigenvalue weighted by Gasteiger charge is 2.40. The van der Waals surface area contributed by atoms with Crippen LogP contribution in [-0.2, 0) is 4.74 Å². The van der Waals surface area contributed by atoms with Crippen molar-refractivity contribution in [2.75, 3.05) is 0 Å². The van der Waals surface area contributed by atoms with Crippen molar-refractivity contribution in [2.24, 2.45) is 29.1 Å². The Bertz CT molecular complexity index is 529. The summed E-state index contributed by atoms with van der Waals surface area (Å²) in [4.78, 5) is 0. The lowest BCUT2D eigenvalue weighted by Crippen LogP contribution is -2.38. The van der Waals surface area contributed by atoms with Crippen LogP contribution < -0.4 is 0 Å². The van der Waals surface area contributed by atoms with Gasteiger partial charge < -0.3 is 4.74 Å². The largest absolute Gasteiger partial charge is 0.375 e. The Kier molecular flexibility index (Phi) is 6.63. The number of rotatable bonds is 4. The average Bonchev–Trinajstić information content (AvgIpc) is 2.69. The van der Waals surface area contributed by atoms with E-state index in [-0.39, 0.29) is 17.9 Å². The van der Waals surface area contributed by atoms with E-state index in [0.717, 1.165) is 31.1 Å². The summed E-state index contributed by atoms with van der Waals surface area (Å²) in [6.07, 6.45) is 15.2. The minimum atomic E-state index is -0.139. The SMILES string of the molecule is CC(C)(C1CCCCC1)C1CCC(OC2CCC(C#N)C(C#N)C2)CC1. The molecule has 3 fully saturated rings. The molecule has 0 aliphatic heterocycles. The topological polar surface area (TPSA) is 56.8 Å². The van der Waals surface area contributed by atoms with Gasteiger partial charge in [0.1, 0.15) is 0 Å². The second-order valence-corrected chi connectivity index (χ2v) is 9.67. The quantitative estimate of drug-likeness (QED) is 0.620. The van der Waals surface area contributed by atoms with Crippen molar-refractivity contribution in [2.45, 2.75) is 103 Å². The standard InChI is InChI=1S/C23H36N2O/c1-23(2,19-6-4-3-5-7-19)20-9-12-21(13-10-20)26-22-11-8-17(15-24)18(14-22)16-25/h17-22H,3-14H2,1-2H3. The van der Waals surface area contributed by atoms with E-state index in [4.69, 9.17) is 4.74 Å². The molecule has 26 heavy (non-hydrogen) atoms. The van der Waals surface area contributed by atoms with Crippen LogP contribution in [0.25, 0.3) is 0 Å². The minimum Gasteiger partial charge on any atom is -0.375 e. The lowest BCUT2D eigenvalue weighted by Gasteiger charge is -2.46. The number of ether oxygens (including phenoxy) is 1. The third-order valence-corrected chi connectivity index (χ3v) is 7.90. The first-order valence-corrected chi connectivity index (χ1v) is 11.0. The molecular weight excluding hydrogens is 320 g/mol. The van der Waals surface area contributed by atoms with E-state index in [1.807, 2.05) is 0 Å². The van der Waals surface area contributed by atoms with Gasteiger partial charge in [-0.1, -0.05) is 33.1 Å². The highest BCUT2D eigenvalue weighted by molar-refractivity contribution is 5.02. The molecule has 3 heteroatoms. The molecular formula is C23H36N2O. The fourth-order valence-electron chi connectivity index (χ4n) is 5.95. The van der Waals surface area contributed by atoms with Gasteiger partial charge in [0.05, 0.1) is 36.2 Å². The average molecular weight is 357 g/mol. The van der Waals surface area contributed by atoms with E-state index >= 15 is 0 Å². The second-order valence-electron chi connectivity index (χ2n) is 9.67. The summed E-state index contributed by atoms with van der Waals surface area (Å²) < 4.78 is 6.40. The second kappa shape index (κ2) is 8.75. The Morgan fingerprint density at radius 1 is 0.692 bits per heavy atom. The Hall–Kier alpha value is -1.06. The van der Waals surface area contributed by atoms with E-state index in [0.29, 0.717) is 11.5 Å². The van der Waals surface area contributed by atoms with Crippen molar-refractivity contribution in [1.29, 1.82) is 10.5 Å². The van der Waals surface area contributed by atoms with Crippen molar-refractivity contribution >= 4 is 0 Å². The molecule has 3 aliphatic rings. The Labute approximate surface area is 160 Å². The van der Waals surface area contributed by atoms with Crippen LogP contribution in [-0.4, -0.2) is 12.2 Å². The summed E-state index contributed by atoms with van der Waals surface area (Å²) in [6.45, 7) is 5.05. The van der Waals surface area contributed by atoms with Crippen LogP contribution in [0.5, 0.6) is 0 Å². The van der Waals surface area contributed by atoms with Gasteiger partial charge in [-0.25, -0.2) is 0 Å². The van der Waals surface area contributed by atoms with Crippen LogP contribution >= 0.6 is 0 Å². The van der Waals surface area contributed by atoms with Crippen molar-refractivity contribution in [3.05, 3.63) is 0 Å². The molecule has 3 rings (SSSR count). The molecule has 0 amide bonds. The zero-order valence-corrected chi connectivity index (χ0v) is 16.8. The molecule has 144 valence electrons.